The molecule has 0 radical (unpaired) electrons. The molecule has 4 aliphatic rings. The van der Waals surface area contributed by atoms with Crippen LogP contribution in [-0.2, 0) is 20.5 Å². The number of amides is 4. The maximum atomic E-state index is 13.8. The van der Waals surface area contributed by atoms with E-state index in [1.54, 1.807) is 13.8 Å². The smallest absolute Gasteiger partial charge is 0.363 e. The van der Waals surface area contributed by atoms with Crippen molar-refractivity contribution in [2.75, 3.05) is 11.4 Å². The third kappa shape index (κ3) is 3.11. The number of rotatable bonds is 5. The first-order chi connectivity index (χ1) is 16.8. The summed E-state index contributed by atoms with van der Waals surface area (Å²) in [5.74, 6) is -2.43. The van der Waals surface area contributed by atoms with E-state index < -0.39 is 63.8 Å². The zero-order chi connectivity index (χ0) is 26.3. The molecular formula is C24H24F3N5O4. The van der Waals surface area contributed by atoms with Crippen LogP contribution in [-0.4, -0.2) is 53.9 Å². The van der Waals surface area contributed by atoms with Crippen molar-refractivity contribution in [3.05, 3.63) is 29.3 Å². The second kappa shape index (κ2) is 7.52. The molecule has 5 atom stereocenters. The summed E-state index contributed by atoms with van der Waals surface area (Å²) in [6.07, 6.45) is -2.63. The summed E-state index contributed by atoms with van der Waals surface area (Å²) in [4.78, 5) is 44.8. The van der Waals surface area contributed by atoms with Gasteiger partial charge in [0.05, 0.1) is 28.9 Å². The highest BCUT2D eigenvalue weighted by atomic mass is 19.4. The van der Waals surface area contributed by atoms with Crippen molar-refractivity contribution in [3.8, 4) is 6.07 Å². The van der Waals surface area contributed by atoms with Crippen molar-refractivity contribution >= 4 is 30.3 Å². The highest BCUT2D eigenvalue weighted by Gasteiger charge is 2.84. The number of benzene rings is 1. The predicted octanol–water partition coefficient (Wildman–Crippen LogP) is 2.53. The molecule has 36 heavy (non-hydrogen) atoms. The van der Waals surface area contributed by atoms with Crippen LogP contribution in [0.4, 0.5) is 23.7 Å². The Labute approximate surface area is 204 Å². The summed E-state index contributed by atoms with van der Waals surface area (Å²) >= 11 is 0. The third-order valence-corrected chi connectivity index (χ3v) is 8.01. The van der Waals surface area contributed by atoms with E-state index in [4.69, 9.17) is 10.00 Å². The van der Waals surface area contributed by atoms with Crippen LogP contribution < -0.4 is 15.5 Å². The average Bonchev–Trinajstić information content (AvgIpc) is 3.50. The van der Waals surface area contributed by atoms with E-state index in [1.807, 2.05) is 0 Å². The monoisotopic (exact) mass is 503 g/mol. The summed E-state index contributed by atoms with van der Waals surface area (Å²) in [5, 5.41) is 14.7. The number of nitriles is 1. The van der Waals surface area contributed by atoms with E-state index in [2.05, 4.69) is 22.3 Å². The number of hydrogen-bond acceptors (Lipinski definition) is 6. The minimum absolute atomic E-state index is 0.143. The normalized spacial score (nSPS) is 34.9. The lowest BCUT2D eigenvalue weighted by molar-refractivity contribution is -0.138. The first kappa shape index (κ1) is 24.2. The number of aliphatic imine (C=N–C) groups is 1. The SMILES string of the molecule is C=N[C@]12C(=O)N(c3ccc(C#N)c(C(F)(F)F)c3)C(=O)C1C1(C)OC2(C)C[C@H]1NC(=O)NCC1CC1. The van der Waals surface area contributed by atoms with Crippen LogP contribution in [0.5, 0.6) is 0 Å². The molecule has 4 fully saturated rings. The maximum Gasteiger partial charge on any atom is 0.417 e. The summed E-state index contributed by atoms with van der Waals surface area (Å²) in [5.41, 5.74) is -6.72. The van der Waals surface area contributed by atoms with Crippen LogP contribution in [0.2, 0.25) is 0 Å². The molecule has 5 rings (SSSR count). The number of ether oxygens (including phenoxy) is 1. The van der Waals surface area contributed by atoms with Crippen molar-refractivity contribution in [1.82, 2.24) is 10.6 Å². The van der Waals surface area contributed by atoms with Crippen molar-refractivity contribution in [2.45, 2.75) is 62.1 Å². The summed E-state index contributed by atoms with van der Waals surface area (Å²) in [6, 6.07) is 3.04. The average molecular weight is 503 g/mol. The van der Waals surface area contributed by atoms with E-state index in [-0.39, 0.29) is 12.1 Å². The molecule has 3 aliphatic heterocycles. The molecule has 3 unspecified atom stereocenters. The van der Waals surface area contributed by atoms with Gasteiger partial charge in [0, 0.05) is 13.0 Å². The number of carbonyl (C=O) groups is 3. The van der Waals surface area contributed by atoms with Crippen LogP contribution in [0.15, 0.2) is 23.2 Å². The van der Waals surface area contributed by atoms with Gasteiger partial charge in [0.1, 0.15) is 17.1 Å². The second-order valence-corrected chi connectivity index (χ2v) is 10.2. The number of nitrogens with zero attached hydrogens (tertiary/aromatic N) is 3. The van der Waals surface area contributed by atoms with Crippen molar-refractivity contribution in [3.63, 3.8) is 0 Å². The van der Waals surface area contributed by atoms with Gasteiger partial charge in [0.15, 0.2) is 5.54 Å². The Hall–Kier alpha value is -3.46. The number of fused-ring (bicyclic) bond motifs is 5. The second-order valence-electron chi connectivity index (χ2n) is 10.2. The molecule has 0 aromatic heterocycles. The Bertz CT molecular complexity index is 1240. The van der Waals surface area contributed by atoms with E-state index in [1.165, 1.54) is 6.07 Å². The molecule has 1 aliphatic carbocycles. The quantitative estimate of drug-likeness (QED) is 0.472. The lowest BCUT2D eigenvalue weighted by atomic mass is 9.62. The van der Waals surface area contributed by atoms with E-state index >= 15 is 0 Å². The van der Waals surface area contributed by atoms with E-state index in [9.17, 15) is 27.6 Å². The van der Waals surface area contributed by atoms with Gasteiger partial charge in [0.2, 0.25) is 5.91 Å². The first-order valence-corrected chi connectivity index (χ1v) is 11.5. The Morgan fingerprint density at radius 1 is 1.33 bits per heavy atom. The molecule has 4 amide bonds. The van der Waals surface area contributed by atoms with Gasteiger partial charge in [-0.25, -0.2) is 9.69 Å². The Kier molecular flexibility index (Phi) is 5.07. The molecule has 1 saturated carbocycles. The van der Waals surface area contributed by atoms with Crippen LogP contribution in [0.25, 0.3) is 0 Å². The molecule has 3 heterocycles. The topological polar surface area (TPSA) is 124 Å². The van der Waals surface area contributed by atoms with Gasteiger partial charge in [-0.2, -0.15) is 18.4 Å². The van der Waals surface area contributed by atoms with Gasteiger partial charge >= 0.3 is 12.2 Å². The van der Waals surface area contributed by atoms with Crippen LogP contribution in [0.1, 0.15) is 44.2 Å². The molecule has 2 N–H and O–H groups in total. The zero-order valence-electron chi connectivity index (χ0n) is 19.6. The van der Waals surface area contributed by atoms with Crippen LogP contribution in [0, 0.1) is 23.2 Å². The molecule has 12 heteroatoms. The minimum Gasteiger partial charge on any atom is -0.363 e. The fourth-order valence-electron chi connectivity index (χ4n) is 6.11. The number of hydrogen-bond donors (Lipinski definition) is 2. The minimum atomic E-state index is -4.87. The summed E-state index contributed by atoms with van der Waals surface area (Å²) in [7, 11) is 0. The van der Waals surface area contributed by atoms with Crippen molar-refractivity contribution in [1.29, 1.82) is 5.26 Å². The van der Waals surface area contributed by atoms with Gasteiger partial charge in [-0.3, -0.25) is 14.6 Å². The molecule has 0 spiro atoms. The van der Waals surface area contributed by atoms with Crippen LogP contribution in [0.3, 0.4) is 0 Å². The first-order valence-electron chi connectivity index (χ1n) is 11.5. The molecule has 1 aromatic carbocycles. The number of urea groups is 1. The Balaban J connectivity index is 1.52. The molecule has 2 bridgehead atoms. The van der Waals surface area contributed by atoms with Gasteiger partial charge in [-0.05, 0) is 57.5 Å². The fourth-order valence-corrected chi connectivity index (χ4v) is 6.11. The Morgan fingerprint density at radius 2 is 2.03 bits per heavy atom. The number of nitrogens with one attached hydrogen (secondary N) is 2. The standard InChI is InChI=1S/C24H24F3N5O4/c1-21-9-16(31-20(35)30-11-12-4-5-12)22(2,36-21)17-18(33)32(19(34)23(17,21)29-3)14-7-6-13(10-28)15(8-14)24(25,26)27/h6-8,12,16-17H,3-5,9,11H2,1-2H3,(H2,30,31,35)/t16-,17?,21?,22?,23+/m1/s1. The fraction of sp³-hybridized carbons (Fsp3) is 0.542. The number of alkyl halides is 3. The van der Waals surface area contributed by atoms with E-state index in [0.29, 0.717) is 23.4 Å². The van der Waals surface area contributed by atoms with E-state index in [0.717, 1.165) is 25.0 Å². The van der Waals surface area contributed by atoms with Gasteiger partial charge in [-0.15, -0.1) is 0 Å². The number of imide groups is 1. The molecular weight excluding hydrogens is 479 g/mol. The van der Waals surface area contributed by atoms with Crippen molar-refractivity contribution < 1.29 is 32.3 Å². The zero-order valence-corrected chi connectivity index (χ0v) is 19.6. The van der Waals surface area contributed by atoms with Crippen molar-refractivity contribution in [2.24, 2.45) is 16.8 Å². The predicted molar refractivity (Wildman–Crippen MR) is 120 cm³/mol. The van der Waals surface area contributed by atoms with Crippen LogP contribution >= 0.6 is 0 Å². The molecule has 190 valence electrons. The van der Waals surface area contributed by atoms with Gasteiger partial charge in [0.25, 0.3) is 5.91 Å². The lowest BCUT2D eigenvalue weighted by Crippen LogP contribution is -2.64. The summed E-state index contributed by atoms with van der Waals surface area (Å²) < 4.78 is 47.0. The molecule has 3 saturated heterocycles. The third-order valence-electron chi connectivity index (χ3n) is 8.01. The summed E-state index contributed by atoms with van der Waals surface area (Å²) in [6.45, 7) is 7.27. The maximum absolute atomic E-state index is 13.8. The van der Waals surface area contributed by atoms with Gasteiger partial charge in [-0.1, -0.05) is 0 Å². The highest BCUT2D eigenvalue weighted by Crippen LogP contribution is 2.64. The Morgan fingerprint density at radius 3 is 2.61 bits per heavy atom. The lowest BCUT2D eigenvalue weighted by Gasteiger charge is -2.41. The molecule has 1 aromatic rings. The number of anilines is 1. The highest BCUT2D eigenvalue weighted by molar-refractivity contribution is 6.27. The largest absolute Gasteiger partial charge is 0.417 e. The number of halogens is 3. The number of carbonyl (C=O) groups excluding carboxylic acids is 3. The van der Waals surface area contributed by atoms with Gasteiger partial charge < -0.3 is 15.4 Å². The molecule has 9 nitrogen and oxygen atoms in total.